The molecule has 4 heteroatoms. The zero-order valence-electron chi connectivity index (χ0n) is 11.7. The van der Waals surface area contributed by atoms with Crippen LogP contribution >= 0.6 is 0 Å². The number of hydrogen-bond donors (Lipinski definition) is 2. The summed E-state index contributed by atoms with van der Waals surface area (Å²) in [5, 5.41) is 19.5. The molecule has 2 aliphatic rings. The molecule has 2 saturated carbocycles. The van der Waals surface area contributed by atoms with Crippen LogP contribution in [0.2, 0.25) is 0 Å². The number of aliphatic carboxylic acids is 2. The lowest BCUT2D eigenvalue weighted by Gasteiger charge is -2.51. The van der Waals surface area contributed by atoms with Crippen LogP contribution in [0.15, 0.2) is 0 Å². The fraction of sp³-hybridized carbons (Fsp3) is 0.867. The van der Waals surface area contributed by atoms with Gasteiger partial charge in [0.25, 0.3) is 0 Å². The molecule has 0 bridgehead atoms. The van der Waals surface area contributed by atoms with Gasteiger partial charge in [-0.2, -0.15) is 0 Å². The van der Waals surface area contributed by atoms with E-state index < -0.39 is 22.8 Å². The smallest absolute Gasteiger partial charge is 0.311 e. The summed E-state index contributed by atoms with van der Waals surface area (Å²) in [6.45, 7) is 1.66. The maximum atomic E-state index is 12.0. The Morgan fingerprint density at radius 1 is 0.895 bits per heavy atom. The Morgan fingerprint density at radius 3 is 2.00 bits per heavy atom. The van der Waals surface area contributed by atoms with E-state index in [1.165, 1.54) is 0 Å². The summed E-state index contributed by atoms with van der Waals surface area (Å²) < 4.78 is 0. The van der Waals surface area contributed by atoms with Crippen LogP contribution in [0.5, 0.6) is 0 Å². The van der Waals surface area contributed by atoms with Gasteiger partial charge in [0, 0.05) is 0 Å². The van der Waals surface area contributed by atoms with Crippen LogP contribution in [0.25, 0.3) is 0 Å². The molecular formula is C15H24O4. The predicted molar refractivity (Wildman–Crippen MR) is 70.9 cm³/mol. The fourth-order valence-corrected chi connectivity index (χ4v) is 4.45. The highest BCUT2D eigenvalue weighted by molar-refractivity contribution is 5.87. The van der Waals surface area contributed by atoms with Crippen molar-refractivity contribution in [3.05, 3.63) is 0 Å². The maximum Gasteiger partial charge on any atom is 0.311 e. The van der Waals surface area contributed by atoms with E-state index >= 15 is 0 Å². The van der Waals surface area contributed by atoms with Crippen LogP contribution in [0.1, 0.15) is 64.7 Å². The topological polar surface area (TPSA) is 74.6 Å². The standard InChI is InChI=1S/C15H24O4/c1-14(12(16)17)9-5-6-10-15(14,13(18)19)11-7-3-2-4-8-11/h11H,2-10H2,1H3,(H,16,17)(H,18,19). The van der Waals surface area contributed by atoms with Crippen LogP contribution in [0.4, 0.5) is 0 Å². The molecule has 4 nitrogen and oxygen atoms in total. The molecule has 0 amide bonds. The molecule has 2 unspecified atom stereocenters. The molecule has 0 aromatic carbocycles. The number of rotatable bonds is 3. The minimum absolute atomic E-state index is 0.0279. The third kappa shape index (κ3) is 2.05. The van der Waals surface area contributed by atoms with Crippen molar-refractivity contribution in [1.29, 1.82) is 0 Å². The van der Waals surface area contributed by atoms with Crippen LogP contribution in [0, 0.1) is 16.7 Å². The Bertz CT molecular complexity index is 372. The van der Waals surface area contributed by atoms with Gasteiger partial charge in [-0.15, -0.1) is 0 Å². The zero-order chi connectivity index (χ0) is 14.1. The number of carboxylic acid groups (broad SMARTS) is 2. The van der Waals surface area contributed by atoms with Crippen molar-refractivity contribution >= 4 is 11.9 Å². The van der Waals surface area contributed by atoms with Crippen LogP contribution in [-0.4, -0.2) is 22.2 Å². The second kappa shape index (κ2) is 5.14. The van der Waals surface area contributed by atoms with E-state index in [0.717, 1.165) is 44.9 Å². The van der Waals surface area contributed by atoms with Crippen molar-refractivity contribution in [3.8, 4) is 0 Å². The minimum atomic E-state index is -1.11. The van der Waals surface area contributed by atoms with Crippen LogP contribution < -0.4 is 0 Å². The molecule has 0 spiro atoms. The van der Waals surface area contributed by atoms with Gasteiger partial charge in [-0.25, -0.2) is 0 Å². The number of hydrogen-bond acceptors (Lipinski definition) is 2. The lowest BCUT2D eigenvalue weighted by Crippen LogP contribution is -2.57. The molecule has 2 fully saturated rings. The molecule has 2 atom stereocenters. The van der Waals surface area contributed by atoms with Crippen LogP contribution in [0.3, 0.4) is 0 Å². The molecule has 2 N–H and O–H groups in total. The molecule has 2 rings (SSSR count). The van der Waals surface area contributed by atoms with Crippen molar-refractivity contribution in [3.63, 3.8) is 0 Å². The molecule has 0 aromatic rings. The summed E-state index contributed by atoms with van der Waals surface area (Å²) in [6.07, 6.45) is 7.64. The number of carbonyl (C=O) groups is 2. The lowest BCUT2D eigenvalue weighted by molar-refractivity contribution is -0.186. The molecular weight excluding hydrogens is 244 g/mol. The molecule has 2 aliphatic carbocycles. The average Bonchev–Trinajstić information content (AvgIpc) is 2.40. The first-order valence-corrected chi connectivity index (χ1v) is 7.42. The summed E-state index contributed by atoms with van der Waals surface area (Å²) in [5.74, 6) is -1.79. The van der Waals surface area contributed by atoms with Crippen molar-refractivity contribution in [2.24, 2.45) is 16.7 Å². The van der Waals surface area contributed by atoms with Gasteiger partial charge in [0.1, 0.15) is 0 Å². The minimum Gasteiger partial charge on any atom is -0.481 e. The normalized spacial score (nSPS) is 36.9. The van der Waals surface area contributed by atoms with Crippen molar-refractivity contribution < 1.29 is 19.8 Å². The highest BCUT2D eigenvalue weighted by atomic mass is 16.4. The Balaban J connectivity index is 2.45. The van der Waals surface area contributed by atoms with Gasteiger partial charge in [0.2, 0.25) is 0 Å². The van der Waals surface area contributed by atoms with E-state index in [1.54, 1.807) is 6.92 Å². The Kier molecular flexibility index (Phi) is 3.88. The summed E-state index contributed by atoms with van der Waals surface area (Å²) in [7, 11) is 0. The van der Waals surface area contributed by atoms with E-state index in [9.17, 15) is 19.8 Å². The highest BCUT2D eigenvalue weighted by Crippen LogP contribution is 2.58. The van der Waals surface area contributed by atoms with Gasteiger partial charge in [-0.1, -0.05) is 32.1 Å². The summed E-state index contributed by atoms with van der Waals surface area (Å²) in [5.41, 5.74) is -2.17. The first kappa shape index (κ1) is 14.4. The zero-order valence-corrected chi connectivity index (χ0v) is 11.7. The molecule has 0 aliphatic heterocycles. The van der Waals surface area contributed by atoms with E-state index in [2.05, 4.69) is 0 Å². The van der Waals surface area contributed by atoms with Gasteiger partial charge in [-0.05, 0) is 38.5 Å². The maximum absolute atomic E-state index is 12.0. The summed E-state index contributed by atoms with van der Waals surface area (Å²) >= 11 is 0. The van der Waals surface area contributed by atoms with Gasteiger partial charge in [0.05, 0.1) is 10.8 Å². The van der Waals surface area contributed by atoms with E-state index in [4.69, 9.17) is 0 Å². The average molecular weight is 268 g/mol. The Hall–Kier alpha value is -1.06. The largest absolute Gasteiger partial charge is 0.481 e. The van der Waals surface area contributed by atoms with E-state index in [1.807, 2.05) is 0 Å². The van der Waals surface area contributed by atoms with Gasteiger partial charge >= 0.3 is 11.9 Å². The van der Waals surface area contributed by atoms with Crippen molar-refractivity contribution in [2.75, 3.05) is 0 Å². The second-order valence-electron chi connectivity index (χ2n) is 6.46. The third-order valence-corrected chi connectivity index (χ3v) is 5.64. The first-order chi connectivity index (χ1) is 8.95. The summed E-state index contributed by atoms with van der Waals surface area (Å²) in [6, 6.07) is 0. The first-order valence-electron chi connectivity index (χ1n) is 7.42. The highest BCUT2D eigenvalue weighted by Gasteiger charge is 2.62. The molecule has 19 heavy (non-hydrogen) atoms. The molecule has 0 heterocycles. The predicted octanol–water partition coefficient (Wildman–Crippen LogP) is 3.30. The Labute approximate surface area is 114 Å². The quantitative estimate of drug-likeness (QED) is 0.823. The monoisotopic (exact) mass is 268 g/mol. The van der Waals surface area contributed by atoms with E-state index in [0.29, 0.717) is 12.8 Å². The number of carboxylic acids is 2. The van der Waals surface area contributed by atoms with Crippen LogP contribution in [-0.2, 0) is 9.59 Å². The van der Waals surface area contributed by atoms with Crippen molar-refractivity contribution in [2.45, 2.75) is 64.7 Å². The third-order valence-electron chi connectivity index (χ3n) is 5.64. The molecule has 0 radical (unpaired) electrons. The van der Waals surface area contributed by atoms with E-state index in [-0.39, 0.29) is 5.92 Å². The van der Waals surface area contributed by atoms with Gasteiger partial charge in [-0.3, -0.25) is 9.59 Å². The van der Waals surface area contributed by atoms with Gasteiger partial charge < -0.3 is 10.2 Å². The SMILES string of the molecule is CC1(C(=O)O)CCCCC1(C(=O)O)C1CCCCC1. The summed E-state index contributed by atoms with van der Waals surface area (Å²) in [4.78, 5) is 23.8. The fourth-order valence-electron chi connectivity index (χ4n) is 4.45. The molecule has 108 valence electrons. The molecule has 0 aromatic heterocycles. The molecule has 0 saturated heterocycles. The Morgan fingerprint density at radius 2 is 1.47 bits per heavy atom. The van der Waals surface area contributed by atoms with Gasteiger partial charge in [0.15, 0.2) is 0 Å². The lowest BCUT2D eigenvalue weighted by atomic mass is 9.49. The second-order valence-corrected chi connectivity index (χ2v) is 6.46. The van der Waals surface area contributed by atoms with Crippen molar-refractivity contribution in [1.82, 2.24) is 0 Å².